The maximum Gasteiger partial charge on any atom is 0.305 e. The Kier molecular flexibility index (Phi) is 4.95. The Hall–Kier alpha value is -1.89. The van der Waals surface area contributed by atoms with Gasteiger partial charge in [0.2, 0.25) is 0 Å². The zero-order chi connectivity index (χ0) is 15.4. The third-order valence-electron chi connectivity index (χ3n) is 3.82. The molecule has 21 heavy (non-hydrogen) atoms. The molecule has 1 aromatic rings. The van der Waals surface area contributed by atoms with Crippen LogP contribution in [0.2, 0.25) is 0 Å². The van der Waals surface area contributed by atoms with Crippen LogP contribution in [0.15, 0.2) is 6.20 Å². The number of carboxylic acids is 1. The summed E-state index contributed by atoms with van der Waals surface area (Å²) in [6.07, 6.45) is 3.30. The fourth-order valence-corrected chi connectivity index (χ4v) is 2.50. The molecule has 0 bridgehead atoms. The lowest BCUT2D eigenvalue weighted by Crippen LogP contribution is -2.29. The van der Waals surface area contributed by atoms with Gasteiger partial charge in [0.25, 0.3) is 5.91 Å². The molecule has 1 aromatic heterocycles. The van der Waals surface area contributed by atoms with Crippen LogP contribution >= 0.6 is 0 Å². The quantitative estimate of drug-likeness (QED) is 0.879. The second-order valence-corrected chi connectivity index (χ2v) is 5.30. The molecule has 0 spiro atoms. The van der Waals surface area contributed by atoms with Crippen molar-refractivity contribution >= 4 is 11.9 Å². The van der Waals surface area contributed by atoms with E-state index in [0.717, 1.165) is 18.5 Å². The van der Waals surface area contributed by atoms with Gasteiger partial charge in [-0.3, -0.25) is 14.3 Å². The lowest BCUT2D eigenvalue weighted by molar-refractivity contribution is -0.137. The summed E-state index contributed by atoms with van der Waals surface area (Å²) in [5.74, 6) is -1.10. The van der Waals surface area contributed by atoms with E-state index in [1.165, 1.54) is 4.90 Å². The molecule has 0 unspecified atom stereocenters. The average Bonchev–Trinajstić information content (AvgIpc) is 2.86. The molecule has 1 aliphatic heterocycles. The Balaban J connectivity index is 2.08. The molecule has 1 amide bonds. The summed E-state index contributed by atoms with van der Waals surface area (Å²) in [4.78, 5) is 24.3. The molecule has 116 valence electrons. The molecule has 0 atom stereocenters. The molecule has 2 heterocycles. The highest BCUT2D eigenvalue weighted by Gasteiger charge is 2.23. The van der Waals surface area contributed by atoms with Gasteiger partial charge in [-0.2, -0.15) is 5.10 Å². The Bertz CT molecular complexity index is 520. The largest absolute Gasteiger partial charge is 0.481 e. The second kappa shape index (κ2) is 6.71. The lowest BCUT2D eigenvalue weighted by Gasteiger charge is -2.24. The highest BCUT2D eigenvalue weighted by Crippen LogP contribution is 2.23. The maximum absolute atomic E-state index is 12.3. The summed E-state index contributed by atoms with van der Waals surface area (Å²) in [6.45, 7) is 3.49. The number of hydrogen-bond acceptors (Lipinski definition) is 4. The van der Waals surface area contributed by atoms with Gasteiger partial charge in [-0.05, 0) is 19.8 Å². The minimum Gasteiger partial charge on any atom is -0.481 e. The standard InChI is InChI=1S/C14H21N3O4/c1-10-12(14(20)16(2)6-3-13(18)19)9-15-17(10)11-4-7-21-8-5-11/h9,11H,3-8H2,1-2H3,(H,18,19). The molecular formula is C14H21N3O4. The molecular weight excluding hydrogens is 274 g/mol. The number of rotatable bonds is 5. The van der Waals surface area contributed by atoms with Crippen molar-refractivity contribution in [3.05, 3.63) is 17.5 Å². The van der Waals surface area contributed by atoms with Crippen molar-refractivity contribution in [3.8, 4) is 0 Å². The molecule has 0 aliphatic carbocycles. The van der Waals surface area contributed by atoms with Gasteiger partial charge in [-0.25, -0.2) is 0 Å². The Labute approximate surface area is 123 Å². The Morgan fingerprint density at radius 3 is 2.76 bits per heavy atom. The van der Waals surface area contributed by atoms with Crippen molar-refractivity contribution in [3.63, 3.8) is 0 Å². The van der Waals surface area contributed by atoms with E-state index in [2.05, 4.69) is 5.10 Å². The molecule has 0 aromatic carbocycles. The molecule has 2 rings (SSSR count). The van der Waals surface area contributed by atoms with Crippen LogP contribution in [0, 0.1) is 6.92 Å². The zero-order valence-corrected chi connectivity index (χ0v) is 12.4. The van der Waals surface area contributed by atoms with E-state index in [4.69, 9.17) is 9.84 Å². The van der Waals surface area contributed by atoms with Gasteiger partial charge in [0.1, 0.15) is 0 Å². The molecule has 0 radical (unpaired) electrons. The van der Waals surface area contributed by atoms with Crippen LogP contribution in [0.3, 0.4) is 0 Å². The van der Waals surface area contributed by atoms with Crippen LogP contribution in [0.5, 0.6) is 0 Å². The molecule has 7 nitrogen and oxygen atoms in total. The third-order valence-corrected chi connectivity index (χ3v) is 3.82. The normalized spacial score (nSPS) is 15.9. The summed E-state index contributed by atoms with van der Waals surface area (Å²) in [5, 5.41) is 13.0. The fraction of sp³-hybridized carbons (Fsp3) is 0.643. The summed E-state index contributed by atoms with van der Waals surface area (Å²) >= 11 is 0. The number of carbonyl (C=O) groups is 2. The predicted octanol–water partition coefficient (Wildman–Crippen LogP) is 1.09. The smallest absolute Gasteiger partial charge is 0.305 e. The molecule has 1 fully saturated rings. The van der Waals surface area contributed by atoms with Crippen molar-refractivity contribution < 1.29 is 19.4 Å². The van der Waals surface area contributed by atoms with Gasteiger partial charge in [0.15, 0.2) is 0 Å². The first-order chi connectivity index (χ1) is 10.0. The lowest BCUT2D eigenvalue weighted by atomic mass is 10.1. The summed E-state index contributed by atoms with van der Waals surface area (Å²) in [6, 6.07) is 0.268. The van der Waals surface area contributed by atoms with Crippen molar-refractivity contribution in [2.24, 2.45) is 0 Å². The van der Waals surface area contributed by atoms with E-state index < -0.39 is 5.97 Å². The van der Waals surface area contributed by atoms with Crippen molar-refractivity contribution in [2.75, 3.05) is 26.8 Å². The van der Waals surface area contributed by atoms with Gasteiger partial charge in [-0.1, -0.05) is 0 Å². The Morgan fingerprint density at radius 1 is 1.48 bits per heavy atom. The molecule has 1 N–H and O–H groups in total. The minimum atomic E-state index is -0.913. The average molecular weight is 295 g/mol. The van der Waals surface area contributed by atoms with Crippen LogP contribution in [0.1, 0.15) is 41.4 Å². The number of amides is 1. The van der Waals surface area contributed by atoms with E-state index in [0.29, 0.717) is 18.8 Å². The van der Waals surface area contributed by atoms with E-state index >= 15 is 0 Å². The van der Waals surface area contributed by atoms with Crippen LogP contribution in [-0.2, 0) is 9.53 Å². The SMILES string of the molecule is Cc1c(C(=O)N(C)CCC(=O)O)cnn1C1CCOCC1. The first kappa shape index (κ1) is 15.5. The van der Waals surface area contributed by atoms with Gasteiger partial charge in [0, 0.05) is 32.5 Å². The van der Waals surface area contributed by atoms with Gasteiger partial charge in [-0.15, -0.1) is 0 Å². The van der Waals surface area contributed by atoms with Crippen molar-refractivity contribution in [2.45, 2.75) is 32.2 Å². The summed E-state index contributed by atoms with van der Waals surface area (Å²) < 4.78 is 7.23. The van der Waals surface area contributed by atoms with Gasteiger partial charge < -0.3 is 14.7 Å². The van der Waals surface area contributed by atoms with E-state index in [1.807, 2.05) is 11.6 Å². The topological polar surface area (TPSA) is 84.7 Å². The van der Waals surface area contributed by atoms with Crippen molar-refractivity contribution in [1.29, 1.82) is 0 Å². The Morgan fingerprint density at radius 2 is 2.14 bits per heavy atom. The number of hydrogen-bond donors (Lipinski definition) is 1. The highest BCUT2D eigenvalue weighted by atomic mass is 16.5. The first-order valence-electron chi connectivity index (χ1n) is 7.09. The monoisotopic (exact) mass is 295 g/mol. The van der Waals surface area contributed by atoms with Gasteiger partial charge >= 0.3 is 5.97 Å². The van der Waals surface area contributed by atoms with Crippen molar-refractivity contribution in [1.82, 2.24) is 14.7 Å². The number of nitrogens with zero attached hydrogens (tertiary/aromatic N) is 3. The van der Waals surface area contributed by atoms with Crippen LogP contribution in [0.25, 0.3) is 0 Å². The van der Waals surface area contributed by atoms with Crippen LogP contribution in [-0.4, -0.2) is 58.5 Å². The van der Waals surface area contributed by atoms with Gasteiger partial charge in [0.05, 0.1) is 24.2 Å². The van der Waals surface area contributed by atoms with Crippen LogP contribution < -0.4 is 0 Å². The first-order valence-corrected chi connectivity index (χ1v) is 7.09. The fourth-order valence-electron chi connectivity index (χ4n) is 2.50. The highest BCUT2D eigenvalue weighted by molar-refractivity contribution is 5.95. The summed E-state index contributed by atoms with van der Waals surface area (Å²) in [7, 11) is 1.61. The molecule has 1 aliphatic rings. The van der Waals surface area contributed by atoms with Crippen LogP contribution in [0.4, 0.5) is 0 Å². The van der Waals surface area contributed by atoms with E-state index in [9.17, 15) is 9.59 Å². The number of carbonyl (C=O) groups excluding carboxylic acids is 1. The maximum atomic E-state index is 12.3. The minimum absolute atomic E-state index is 0.0601. The zero-order valence-electron chi connectivity index (χ0n) is 12.4. The van der Waals surface area contributed by atoms with E-state index in [-0.39, 0.29) is 24.9 Å². The third kappa shape index (κ3) is 3.60. The number of carboxylic acid groups (broad SMARTS) is 1. The predicted molar refractivity (Wildman–Crippen MR) is 75.3 cm³/mol. The molecule has 0 saturated carbocycles. The van der Waals surface area contributed by atoms with E-state index in [1.54, 1.807) is 13.2 Å². The number of ether oxygens (including phenoxy) is 1. The molecule has 1 saturated heterocycles. The molecule has 7 heteroatoms. The number of aliphatic carboxylic acids is 1. The number of aromatic nitrogens is 2. The summed E-state index contributed by atoms with van der Waals surface area (Å²) in [5.41, 5.74) is 1.36. The second-order valence-electron chi connectivity index (χ2n) is 5.30.